The Bertz CT molecular complexity index is 506. The zero-order chi connectivity index (χ0) is 12.6. The Morgan fingerprint density at radius 2 is 2.18 bits per heavy atom. The van der Waals surface area contributed by atoms with E-state index in [0.717, 1.165) is 5.56 Å². The van der Waals surface area contributed by atoms with Crippen LogP contribution in [0.25, 0.3) is 0 Å². The van der Waals surface area contributed by atoms with E-state index in [1.165, 1.54) is 23.3 Å². The molecule has 0 aliphatic carbocycles. The van der Waals surface area contributed by atoms with Crippen LogP contribution in [0.2, 0.25) is 0 Å². The number of ketones is 1. The smallest absolute Gasteiger partial charge is 0.341 e. The van der Waals surface area contributed by atoms with Crippen LogP contribution in [-0.4, -0.2) is 31.3 Å². The fourth-order valence-electron chi connectivity index (χ4n) is 1.75. The second-order valence-electron chi connectivity index (χ2n) is 3.79. The molecule has 0 saturated carbocycles. The molecular weight excluding hydrogens is 242 g/mol. The van der Waals surface area contributed by atoms with E-state index < -0.39 is 5.97 Å². The number of thiophene rings is 1. The van der Waals surface area contributed by atoms with E-state index in [2.05, 4.69) is 4.74 Å². The van der Waals surface area contributed by atoms with Crippen LogP contribution in [-0.2, 0) is 14.3 Å². The first-order chi connectivity index (χ1) is 8.04. The largest absolute Gasteiger partial charge is 0.465 e. The average molecular weight is 253 g/mol. The van der Waals surface area contributed by atoms with Crippen LogP contribution in [0.4, 0.5) is 5.00 Å². The van der Waals surface area contributed by atoms with Crippen LogP contribution in [0, 0.1) is 6.92 Å². The van der Waals surface area contributed by atoms with Crippen molar-refractivity contribution in [1.82, 2.24) is 0 Å². The molecule has 1 amide bonds. The molecule has 0 radical (unpaired) electrons. The summed E-state index contributed by atoms with van der Waals surface area (Å²) in [6.45, 7) is 1.82. The van der Waals surface area contributed by atoms with Crippen LogP contribution in [0.1, 0.15) is 22.3 Å². The number of carbonyl (C=O) groups excluding carboxylic acids is 3. The molecule has 17 heavy (non-hydrogen) atoms. The van der Waals surface area contributed by atoms with Gasteiger partial charge < -0.3 is 4.74 Å². The SMILES string of the molecule is COC(=O)c1c(C)csc1N1CC(=O)CC1=O. The topological polar surface area (TPSA) is 63.7 Å². The van der Waals surface area contributed by atoms with E-state index in [0.29, 0.717) is 10.6 Å². The second-order valence-corrected chi connectivity index (χ2v) is 4.64. The van der Waals surface area contributed by atoms with Gasteiger partial charge in [0.05, 0.1) is 25.6 Å². The average Bonchev–Trinajstić information content (AvgIpc) is 2.80. The number of amides is 1. The molecule has 0 atom stereocenters. The highest BCUT2D eigenvalue weighted by atomic mass is 32.1. The van der Waals surface area contributed by atoms with Crippen LogP contribution < -0.4 is 4.90 Å². The number of ether oxygens (including phenoxy) is 1. The van der Waals surface area contributed by atoms with Crippen molar-refractivity contribution in [3.63, 3.8) is 0 Å². The van der Waals surface area contributed by atoms with Crippen molar-refractivity contribution < 1.29 is 19.1 Å². The third kappa shape index (κ3) is 1.95. The molecule has 1 fully saturated rings. The zero-order valence-corrected chi connectivity index (χ0v) is 10.3. The predicted molar refractivity (Wildman–Crippen MR) is 62.4 cm³/mol. The maximum Gasteiger partial charge on any atom is 0.341 e. The van der Waals surface area contributed by atoms with Crippen LogP contribution in [0.5, 0.6) is 0 Å². The lowest BCUT2D eigenvalue weighted by atomic mass is 10.2. The summed E-state index contributed by atoms with van der Waals surface area (Å²) in [5.74, 6) is -0.871. The number of methoxy groups -OCH3 is 1. The Hall–Kier alpha value is -1.69. The Labute approximate surface area is 102 Å². The van der Waals surface area contributed by atoms with Gasteiger partial charge in [-0.2, -0.15) is 0 Å². The summed E-state index contributed by atoms with van der Waals surface area (Å²) >= 11 is 1.27. The van der Waals surface area contributed by atoms with Crippen molar-refractivity contribution in [2.24, 2.45) is 0 Å². The number of anilines is 1. The molecule has 0 bridgehead atoms. The number of hydrogen-bond acceptors (Lipinski definition) is 5. The normalized spacial score (nSPS) is 15.5. The van der Waals surface area contributed by atoms with Crippen LogP contribution >= 0.6 is 11.3 Å². The van der Waals surface area contributed by atoms with E-state index in [1.807, 2.05) is 0 Å². The second kappa shape index (κ2) is 4.29. The molecule has 0 N–H and O–H groups in total. The van der Waals surface area contributed by atoms with Gasteiger partial charge in [0.2, 0.25) is 5.91 Å². The summed E-state index contributed by atoms with van der Waals surface area (Å²) < 4.78 is 4.68. The molecule has 0 aromatic carbocycles. The molecule has 1 saturated heterocycles. The molecule has 0 unspecified atom stereocenters. The van der Waals surface area contributed by atoms with Gasteiger partial charge in [0, 0.05) is 0 Å². The lowest BCUT2D eigenvalue weighted by Gasteiger charge is -2.14. The predicted octanol–water partition coefficient (Wildman–Crippen LogP) is 1.15. The molecule has 1 aliphatic rings. The summed E-state index contributed by atoms with van der Waals surface area (Å²) in [4.78, 5) is 35.8. The lowest BCUT2D eigenvalue weighted by Crippen LogP contribution is -2.25. The first-order valence-corrected chi connectivity index (χ1v) is 5.91. The minimum atomic E-state index is -0.481. The summed E-state index contributed by atoms with van der Waals surface area (Å²) in [5, 5.41) is 2.28. The fraction of sp³-hybridized carbons (Fsp3) is 0.364. The monoisotopic (exact) mass is 253 g/mol. The molecule has 5 nitrogen and oxygen atoms in total. The minimum absolute atomic E-state index is 0.0444. The Balaban J connectivity index is 2.43. The van der Waals surface area contributed by atoms with Gasteiger partial charge in [-0.1, -0.05) is 0 Å². The molecule has 0 spiro atoms. The first-order valence-electron chi connectivity index (χ1n) is 5.03. The number of nitrogens with zero attached hydrogens (tertiary/aromatic N) is 1. The number of esters is 1. The van der Waals surface area contributed by atoms with Crippen molar-refractivity contribution in [2.45, 2.75) is 13.3 Å². The summed E-state index contributed by atoms with van der Waals surface area (Å²) in [7, 11) is 1.29. The van der Waals surface area contributed by atoms with Gasteiger partial charge in [0.1, 0.15) is 5.00 Å². The van der Waals surface area contributed by atoms with E-state index >= 15 is 0 Å². The highest BCUT2D eigenvalue weighted by Crippen LogP contribution is 2.33. The van der Waals surface area contributed by atoms with Gasteiger partial charge in [-0.25, -0.2) is 4.79 Å². The highest BCUT2D eigenvalue weighted by Gasteiger charge is 2.33. The number of carbonyl (C=O) groups is 3. The number of Topliss-reactive ketones (excluding diaryl/α,β-unsaturated/α-hetero) is 1. The molecule has 2 heterocycles. The third-order valence-electron chi connectivity index (χ3n) is 2.57. The van der Waals surface area contributed by atoms with Crippen molar-refractivity contribution in [2.75, 3.05) is 18.6 Å². The molecule has 1 aromatic rings. The number of rotatable bonds is 2. The fourth-order valence-corrected chi connectivity index (χ4v) is 2.81. The van der Waals surface area contributed by atoms with Gasteiger partial charge >= 0.3 is 5.97 Å². The molecular formula is C11H11NO4S. The van der Waals surface area contributed by atoms with Gasteiger partial charge in [0.15, 0.2) is 5.78 Å². The highest BCUT2D eigenvalue weighted by molar-refractivity contribution is 7.15. The zero-order valence-electron chi connectivity index (χ0n) is 9.48. The molecule has 6 heteroatoms. The number of aryl methyl sites for hydroxylation is 1. The third-order valence-corrected chi connectivity index (χ3v) is 3.69. The van der Waals surface area contributed by atoms with Crippen molar-refractivity contribution in [1.29, 1.82) is 0 Å². The van der Waals surface area contributed by atoms with Crippen molar-refractivity contribution >= 4 is 34.0 Å². The summed E-state index contributed by atoms with van der Waals surface area (Å²) in [6.07, 6.45) is -0.0858. The molecule has 2 rings (SSSR count). The van der Waals surface area contributed by atoms with E-state index in [9.17, 15) is 14.4 Å². The Kier molecular flexibility index (Phi) is 2.97. The van der Waals surface area contributed by atoms with E-state index in [4.69, 9.17) is 0 Å². The van der Waals surface area contributed by atoms with Crippen molar-refractivity contribution in [3.8, 4) is 0 Å². The minimum Gasteiger partial charge on any atom is -0.465 e. The maximum absolute atomic E-state index is 11.6. The van der Waals surface area contributed by atoms with Gasteiger partial charge in [-0.05, 0) is 17.9 Å². The Morgan fingerprint density at radius 3 is 2.71 bits per heavy atom. The molecule has 90 valence electrons. The van der Waals surface area contributed by atoms with Crippen molar-refractivity contribution in [3.05, 3.63) is 16.5 Å². The number of hydrogen-bond donors (Lipinski definition) is 0. The Morgan fingerprint density at radius 1 is 1.47 bits per heavy atom. The molecule has 1 aliphatic heterocycles. The van der Waals surface area contributed by atoms with Gasteiger partial charge in [-0.15, -0.1) is 11.3 Å². The quantitative estimate of drug-likeness (QED) is 0.586. The van der Waals surface area contributed by atoms with Gasteiger partial charge in [0.25, 0.3) is 0 Å². The van der Waals surface area contributed by atoms with E-state index in [-0.39, 0.29) is 24.7 Å². The van der Waals surface area contributed by atoms with Crippen LogP contribution in [0.3, 0.4) is 0 Å². The maximum atomic E-state index is 11.6. The standard InChI is InChI=1S/C11H11NO4S/c1-6-5-17-10(9(6)11(15)16-2)12-4-7(13)3-8(12)14/h5H,3-4H2,1-2H3. The van der Waals surface area contributed by atoms with Gasteiger partial charge in [-0.3, -0.25) is 14.5 Å². The molecule has 1 aromatic heterocycles. The summed E-state index contributed by atoms with van der Waals surface area (Å²) in [5.41, 5.74) is 1.13. The summed E-state index contributed by atoms with van der Waals surface area (Å²) in [6, 6.07) is 0. The van der Waals surface area contributed by atoms with Crippen LogP contribution in [0.15, 0.2) is 5.38 Å². The first kappa shape index (κ1) is 11.8. The van der Waals surface area contributed by atoms with E-state index in [1.54, 1.807) is 12.3 Å². The lowest BCUT2D eigenvalue weighted by molar-refractivity contribution is -0.121.